The molecule has 1 amide bonds. The van der Waals surface area contributed by atoms with Crippen molar-refractivity contribution in [2.24, 2.45) is 0 Å². The van der Waals surface area contributed by atoms with Crippen LogP contribution in [0.25, 0.3) is 11.0 Å². The third kappa shape index (κ3) is 3.77. The van der Waals surface area contributed by atoms with Gasteiger partial charge in [0.15, 0.2) is 5.13 Å². The van der Waals surface area contributed by atoms with Crippen LogP contribution in [0.15, 0.2) is 65.4 Å². The van der Waals surface area contributed by atoms with E-state index in [-0.39, 0.29) is 5.91 Å². The summed E-state index contributed by atoms with van der Waals surface area (Å²) >= 11 is 1.27. The lowest BCUT2D eigenvalue weighted by Crippen LogP contribution is -2.10. The number of benzene rings is 2. The highest BCUT2D eigenvalue weighted by molar-refractivity contribution is 7.15. The molecule has 0 atom stereocenters. The second-order valence-corrected chi connectivity index (χ2v) is 7.22. The van der Waals surface area contributed by atoms with Gasteiger partial charge in [0.1, 0.15) is 11.8 Å². The zero-order valence-electron chi connectivity index (χ0n) is 14.3. The normalized spacial score (nSPS) is 11.7. The van der Waals surface area contributed by atoms with E-state index in [4.69, 9.17) is 4.42 Å². The van der Waals surface area contributed by atoms with E-state index in [1.54, 1.807) is 18.3 Å². The van der Waals surface area contributed by atoms with Gasteiger partial charge < -0.3 is 4.42 Å². The largest absolute Gasteiger partial charge is 0.463 e. The molecule has 8 heteroatoms. The highest BCUT2D eigenvalue weighted by Crippen LogP contribution is 2.30. The van der Waals surface area contributed by atoms with Gasteiger partial charge in [-0.3, -0.25) is 10.1 Å². The topological polar surface area (TPSA) is 55.1 Å². The van der Waals surface area contributed by atoms with Crippen molar-refractivity contribution in [2.45, 2.75) is 12.6 Å². The van der Waals surface area contributed by atoms with Gasteiger partial charge in [-0.2, -0.15) is 13.2 Å². The number of hydrogen-bond acceptors (Lipinski definition) is 4. The van der Waals surface area contributed by atoms with Gasteiger partial charge in [0.25, 0.3) is 5.91 Å². The maximum atomic E-state index is 12.6. The van der Waals surface area contributed by atoms with Crippen molar-refractivity contribution in [3.8, 4) is 0 Å². The smallest absolute Gasteiger partial charge is 0.416 e. The summed E-state index contributed by atoms with van der Waals surface area (Å²) in [4.78, 5) is 17.5. The second-order valence-electron chi connectivity index (χ2n) is 6.10. The van der Waals surface area contributed by atoms with Crippen LogP contribution in [0.3, 0.4) is 0 Å². The summed E-state index contributed by atoms with van der Waals surface area (Å²) in [6.07, 6.45) is -0.916. The minimum absolute atomic E-state index is 0.333. The molecule has 0 saturated heterocycles. The molecule has 2 aromatic carbocycles. The first-order valence-corrected chi connectivity index (χ1v) is 9.10. The van der Waals surface area contributed by atoms with Crippen molar-refractivity contribution in [2.75, 3.05) is 5.32 Å². The highest BCUT2D eigenvalue weighted by atomic mass is 32.1. The van der Waals surface area contributed by atoms with Gasteiger partial charge in [-0.15, -0.1) is 11.3 Å². The summed E-state index contributed by atoms with van der Waals surface area (Å²) in [6.45, 7) is 0. The maximum absolute atomic E-state index is 12.6. The third-order valence-electron chi connectivity index (χ3n) is 4.16. The summed E-state index contributed by atoms with van der Waals surface area (Å²) in [5, 5.41) is 3.86. The fraction of sp³-hybridized carbons (Fsp3) is 0.100. The van der Waals surface area contributed by atoms with Crippen molar-refractivity contribution in [3.05, 3.63) is 82.6 Å². The number of halogens is 3. The fourth-order valence-corrected chi connectivity index (χ4v) is 3.62. The molecule has 0 fully saturated rings. The van der Waals surface area contributed by atoms with Crippen LogP contribution >= 0.6 is 11.3 Å². The predicted molar refractivity (Wildman–Crippen MR) is 101 cm³/mol. The molecule has 142 valence electrons. The molecule has 0 aliphatic rings. The van der Waals surface area contributed by atoms with Gasteiger partial charge in [-0.1, -0.05) is 30.3 Å². The zero-order chi connectivity index (χ0) is 19.7. The number of para-hydroxylation sites is 1. The lowest BCUT2D eigenvalue weighted by atomic mass is 10.1. The molecule has 4 rings (SSSR count). The average Bonchev–Trinajstić information content (AvgIpc) is 3.28. The molecular weight excluding hydrogens is 389 g/mol. The molecule has 1 N–H and O–H groups in total. The van der Waals surface area contributed by atoms with Gasteiger partial charge >= 0.3 is 6.18 Å². The molecule has 4 aromatic rings. The van der Waals surface area contributed by atoms with E-state index in [2.05, 4.69) is 10.3 Å². The summed E-state index contributed by atoms with van der Waals surface area (Å²) in [5.74, 6) is -0.333. The quantitative estimate of drug-likeness (QED) is 0.473. The van der Waals surface area contributed by atoms with Crippen LogP contribution in [0, 0.1) is 0 Å². The molecule has 28 heavy (non-hydrogen) atoms. The number of anilines is 1. The van der Waals surface area contributed by atoms with E-state index in [0.717, 1.165) is 22.6 Å². The van der Waals surface area contributed by atoms with E-state index in [0.29, 0.717) is 28.1 Å². The summed E-state index contributed by atoms with van der Waals surface area (Å²) in [7, 11) is 0. The Labute approximate surface area is 161 Å². The number of aromatic nitrogens is 1. The molecule has 0 spiro atoms. The van der Waals surface area contributed by atoms with Crippen molar-refractivity contribution >= 4 is 33.3 Å². The van der Waals surface area contributed by atoms with Crippen LogP contribution < -0.4 is 5.32 Å². The molecule has 0 aliphatic carbocycles. The fourth-order valence-electron chi connectivity index (χ4n) is 2.78. The summed E-state index contributed by atoms with van der Waals surface area (Å²) in [6, 6.07) is 12.2. The molecule has 4 nitrogen and oxygen atoms in total. The zero-order valence-corrected chi connectivity index (χ0v) is 15.1. The van der Waals surface area contributed by atoms with E-state index in [1.165, 1.54) is 29.7 Å². The molecule has 0 unspecified atom stereocenters. The number of amides is 1. The number of rotatable bonds is 4. The van der Waals surface area contributed by atoms with Crippen molar-refractivity contribution in [1.82, 2.24) is 4.98 Å². The maximum Gasteiger partial charge on any atom is 0.416 e. The Morgan fingerprint density at radius 2 is 1.86 bits per heavy atom. The number of nitrogens with one attached hydrogen (secondary N) is 1. The van der Waals surface area contributed by atoms with Crippen molar-refractivity contribution < 1.29 is 22.4 Å². The van der Waals surface area contributed by atoms with Crippen LogP contribution in [0.1, 0.15) is 26.4 Å². The number of thiazole rings is 1. The van der Waals surface area contributed by atoms with E-state index >= 15 is 0 Å². The van der Waals surface area contributed by atoms with Gasteiger partial charge in [-0.25, -0.2) is 4.98 Å². The van der Waals surface area contributed by atoms with Crippen LogP contribution in [0.5, 0.6) is 0 Å². The van der Waals surface area contributed by atoms with Crippen molar-refractivity contribution in [1.29, 1.82) is 0 Å². The standard InChI is InChI=1S/C20H13F3N2O2S/c21-20(22,23)13-7-5-12(6-8-13)9-14-10-24-19(28-14)25-18(26)16-11-27-17-4-2-1-3-15(16)17/h1-8,10-11H,9H2,(H,24,25,26). The van der Waals surface area contributed by atoms with Gasteiger partial charge in [0.05, 0.1) is 11.1 Å². The Morgan fingerprint density at radius 1 is 1.11 bits per heavy atom. The number of nitrogens with zero attached hydrogens (tertiary/aromatic N) is 1. The number of hydrogen-bond donors (Lipinski definition) is 1. The number of furan rings is 1. The minimum Gasteiger partial charge on any atom is -0.463 e. The van der Waals surface area contributed by atoms with Gasteiger partial charge in [-0.05, 0) is 23.8 Å². The Hall–Kier alpha value is -3.13. The van der Waals surface area contributed by atoms with E-state index < -0.39 is 11.7 Å². The first-order valence-electron chi connectivity index (χ1n) is 8.28. The lowest BCUT2D eigenvalue weighted by Gasteiger charge is -2.06. The first kappa shape index (κ1) is 18.2. The summed E-state index contributed by atoms with van der Waals surface area (Å²) in [5.41, 5.74) is 1.08. The van der Waals surface area contributed by atoms with E-state index in [9.17, 15) is 18.0 Å². The van der Waals surface area contributed by atoms with Crippen molar-refractivity contribution in [3.63, 3.8) is 0 Å². The van der Waals surface area contributed by atoms with Gasteiger partial charge in [0, 0.05) is 22.9 Å². The SMILES string of the molecule is O=C(Nc1ncc(Cc2ccc(C(F)(F)F)cc2)s1)c1coc2ccccc12. The Bertz CT molecular complexity index is 1130. The molecule has 0 radical (unpaired) electrons. The molecule has 0 saturated carbocycles. The average molecular weight is 402 g/mol. The summed E-state index contributed by atoms with van der Waals surface area (Å²) < 4.78 is 43.3. The third-order valence-corrected chi connectivity index (χ3v) is 5.07. The van der Waals surface area contributed by atoms with Crippen LogP contribution in [0.2, 0.25) is 0 Å². The van der Waals surface area contributed by atoms with Crippen LogP contribution in [-0.2, 0) is 12.6 Å². The van der Waals surface area contributed by atoms with Gasteiger partial charge in [0.2, 0.25) is 0 Å². The molecule has 0 bridgehead atoms. The highest BCUT2D eigenvalue weighted by Gasteiger charge is 2.29. The van der Waals surface area contributed by atoms with Crippen LogP contribution in [0.4, 0.5) is 18.3 Å². The Morgan fingerprint density at radius 3 is 2.61 bits per heavy atom. The number of fused-ring (bicyclic) bond motifs is 1. The lowest BCUT2D eigenvalue weighted by molar-refractivity contribution is -0.137. The Kier molecular flexibility index (Phi) is 4.64. The van der Waals surface area contributed by atoms with E-state index in [1.807, 2.05) is 12.1 Å². The van der Waals surface area contributed by atoms with Crippen LogP contribution in [-0.4, -0.2) is 10.9 Å². The Balaban J connectivity index is 1.45. The predicted octanol–water partition coefficient (Wildman–Crippen LogP) is 5.75. The molecular formula is C20H13F3N2O2S. The molecule has 2 aromatic heterocycles. The molecule has 0 aliphatic heterocycles. The minimum atomic E-state index is -4.35. The number of carbonyl (C=O) groups excluding carboxylic acids is 1. The first-order chi connectivity index (χ1) is 13.4. The number of alkyl halides is 3. The second kappa shape index (κ2) is 7.12. The monoisotopic (exact) mass is 402 g/mol. The number of carbonyl (C=O) groups is 1. The molecule has 2 heterocycles.